The van der Waals surface area contributed by atoms with E-state index in [-0.39, 0.29) is 0 Å². The number of hydrogen-bond donors (Lipinski definition) is 0. The molecule has 0 aliphatic heterocycles. The summed E-state index contributed by atoms with van der Waals surface area (Å²) in [7, 11) is -10.4. The fourth-order valence-electron chi connectivity index (χ4n) is 5.95. The quantitative estimate of drug-likeness (QED) is 0.132. The van der Waals surface area contributed by atoms with Gasteiger partial charge in [0.2, 0.25) is 0 Å². The van der Waals surface area contributed by atoms with E-state index in [2.05, 4.69) is 113 Å². The Hall–Kier alpha value is 2.78. The van der Waals surface area contributed by atoms with Crippen LogP contribution in [0.1, 0.15) is 0 Å². The maximum atomic E-state index is 7.24. The number of hydrogen-bond acceptors (Lipinski definition) is 3. The predicted molar refractivity (Wildman–Crippen MR) is 187 cm³/mol. The van der Waals surface area contributed by atoms with Crippen molar-refractivity contribution in [1.29, 1.82) is 0 Å². The smallest absolute Gasteiger partial charge is 0.312 e. The molecule has 0 aromatic heterocycles. The third kappa shape index (κ3) is 12.9. The minimum absolute atomic E-state index is 0.886. The molecule has 0 aromatic rings. The van der Waals surface area contributed by atoms with Gasteiger partial charge in [0, 0.05) is 0 Å². The van der Waals surface area contributed by atoms with Gasteiger partial charge in [-0.2, -0.15) is 0 Å². The lowest BCUT2D eigenvalue weighted by molar-refractivity contribution is 0.541. The van der Waals surface area contributed by atoms with Crippen LogP contribution in [0.5, 0.6) is 0 Å². The summed E-state index contributed by atoms with van der Waals surface area (Å²) in [4.78, 5) is 0. The monoisotopic (exact) mass is 704 g/mol. The zero-order valence-corrected chi connectivity index (χ0v) is 36.7. The van der Waals surface area contributed by atoms with Gasteiger partial charge >= 0.3 is 13.7 Å². The van der Waals surface area contributed by atoms with Gasteiger partial charge in [0.15, 0.2) is 16.6 Å². The molecule has 35 heavy (non-hydrogen) atoms. The molecule has 212 valence electrons. The van der Waals surface area contributed by atoms with Crippen molar-refractivity contribution in [2.45, 2.75) is 129 Å². The lowest BCUT2D eigenvalue weighted by atomic mass is 10.9. The van der Waals surface area contributed by atoms with Gasteiger partial charge in [0.1, 0.15) is 32.9 Å². The number of rotatable bonds is 14. The molecular weight excluding hydrogens is 651 g/mol. The Kier molecular flexibility index (Phi) is 13.3. The Labute approximate surface area is 246 Å². The first-order valence-corrected chi connectivity index (χ1v) is 41.3. The fraction of sp³-hybridized carbons (Fsp3) is 1.00. The molecule has 0 aliphatic carbocycles. The molecule has 0 saturated heterocycles. The number of nitrogens with zero attached hydrogens (tertiary/aromatic N) is 2. The molecule has 0 bridgehead atoms. The summed E-state index contributed by atoms with van der Waals surface area (Å²) in [6.07, 6.45) is 0. The summed E-state index contributed by atoms with van der Waals surface area (Å²) in [5.74, 6) is 0. The van der Waals surface area contributed by atoms with Crippen molar-refractivity contribution in [2.75, 3.05) is 0 Å². The van der Waals surface area contributed by atoms with Crippen molar-refractivity contribution >= 4 is 108 Å². The van der Waals surface area contributed by atoms with Crippen LogP contribution < -0.4 is 0 Å². The highest BCUT2D eigenvalue weighted by molar-refractivity contribution is 7.48. The van der Waals surface area contributed by atoms with Crippen LogP contribution in [0.2, 0.25) is 129 Å². The van der Waals surface area contributed by atoms with Gasteiger partial charge in [-0.1, -0.05) is 78.6 Å². The largest absolute Gasteiger partial charge is 0.456 e. The standard InChI is InChI=1S/C20H56Cl4N2OSi8/c1-28(2,3)25(29(4,5)6)34(21,22)19-17-32(13,14)27-33(15,16)18-20-35(23,24)26(30(7,8)9)31(10,11)12/h17-20H2,1-16H3. The van der Waals surface area contributed by atoms with Crippen molar-refractivity contribution in [3.63, 3.8) is 0 Å². The molecule has 0 radical (unpaired) electrons. The van der Waals surface area contributed by atoms with Crippen LogP contribution in [0.3, 0.4) is 0 Å². The van der Waals surface area contributed by atoms with E-state index in [0.29, 0.717) is 0 Å². The van der Waals surface area contributed by atoms with Crippen LogP contribution in [-0.2, 0) is 4.12 Å². The molecule has 0 saturated carbocycles. The zero-order chi connectivity index (χ0) is 28.7. The predicted octanol–water partition coefficient (Wildman–Crippen LogP) is 10.2. The van der Waals surface area contributed by atoms with E-state index in [1.807, 2.05) is 0 Å². The lowest BCUT2D eigenvalue weighted by Gasteiger charge is -2.50. The minimum Gasteiger partial charge on any atom is -0.456 e. The van der Waals surface area contributed by atoms with E-state index in [4.69, 9.17) is 48.4 Å². The molecule has 0 rings (SSSR count). The molecule has 0 amide bonds. The fourth-order valence-corrected chi connectivity index (χ4v) is 75.2. The van der Waals surface area contributed by atoms with Gasteiger partial charge < -0.3 is 11.9 Å². The van der Waals surface area contributed by atoms with Crippen molar-refractivity contribution in [2.24, 2.45) is 0 Å². The van der Waals surface area contributed by atoms with Crippen LogP contribution >= 0.6 is 44.3 Å². The van der Waals surface area contributed by atoms with E-state index in [1.165, 1.54) is 0 Å². The van der Waals surface area contributed by atoms with Crippen LogP contribution in [0.25, 0.3) is 0 Å². The molecule has 15 heteroatoms. The normalized spacial score (nSPS) is 15.9. The van der Waals surface area contributed by atoms with E-state index < -0.39 is 63.3 Å². The summed E-state index contributed by atoms with van der Waals surface area (Å²) in [6, 6.07) is 3.79. The molecule has 0 spiro atoms. The van der Waals surface area contributed by atoms with Crippen molar-refractivity contribution < 1.29 is 4.12 Å². The maximum absolute atomic E-state index is 7.24. The summed E-state index contributed by atoms with van der Waals surface area (Å²) in [5, 5.41) is 0. The van der Waals surface area contributed by atoms with E-state index in [0.717, 1.165) is 24.2 Å². The van der Waals surface area contributed by atoms with Gasteiger partial charge in [0.05, 0.1) is 0 Å². The topological polar surface area (TPSA) is 15.7 Å². The molecule has 0 aromatic carbocycles. The number of halogens is 4. The molecule has 0 aliphatic rings. The average molecular weight is 707 g/mol. The third-order valence-electron chi connectivity index (χ3n) is 5.95. The highest BCUT2D eigenvalue weighted by Crippen LogP contribution is 2.40. The third-order valence-corrected chi connectivity index (χ3v) is 51.0. The second kappa shape index (κ2) is 12.3. The first-order chi connectivity index (χ1) is 14.9. The average Bonchev–Trinajstić information content (AvgIpc) is 2.43. The lowest BCUT2D eigenvalue weighted by Crippen LogP contribution is -2.68. The molecule has 0 atom stereocenters. The van der Waals surface area contributed by atoms with Crippen molar-refractivity contribution in [3.05, 3.63) is 0 Å². The molecule has 3 nitrogen and oxygen atoms in total. The van der Waals surface area contributed by atoms with Crippen LogP contribution in [0.4, 0.5) is 0 Å². The molecule has 0 fully saturated rings. The van der Waals surface area contributed by atoms with E-state index >= 15 is 0 Å². The van der Waals surface area contributed by atoms with Gasteiger partial charge in [-0.15, -0.1) is 44.3 Å². The first-order valence-electron chi connectivity index (χ1n) is 12.9. The molecule has 0 unspecified atom stereocenters. The van der Waals surface area contributed by atoms with Crippen LogP contribution in [0.15, 0.2) is 0 Å². The highest BCUT2D eigenvalue weighted by atomic mass is 35.7. The van der Waals surface area contributed by atoms with Gasteiger partial charge in [0.25, 0.3) is 0 Å². The second-order valence-electron chi connectivity index (χ2n) is 15.3. The Balaban J connectivity index is 5.49. The first kappa shape index (κ1) is 37.8. The summed E-state index contributed by atoms with van der Waals surface area (Å²) in [5.41, 5.74) is 0. The molecule has 0 heterocycles. The Bertz CT molecular complexity index is 613. The maximum Gasteiger partial charge on any atom is 0.312 e. The van der Waals surface area contributed by atoms with E-state index in [9.17, 15) is 0 Å². The zero-order valence-electron chi connectivity index (χ0n) is 25.6. The summed E-state index contributed by atoms with van der Waals surface area (Å²) < 4.78 is 12.3. The Morgan fingerprint density at radius 2 is 0.600 bits per heavy atom. The van der Waals surface area contributed by atoms with Gasteiger partial charge in [-0.25, -0.2) is 0 Å². The van der Waals surface area contributed by atoms with Crippen LogP contribution in [0, 0.1) is 0 Å². The SMILES string of the molecule is C[Si](C)(CC[Si](Cl)(Cl)N([Si](C)(C)C)[Si](C)(C)C)O[Si](C)(C)CC[Si](Cl)(Cl)N([Si](C)(C)C)[Si](C)(C)C. The summed E-state index contributed by atoms with van der Waals surface area (Å²) >= 11 is 29.0. The highest BCUT2D eigenvalue weighted by Gasteiger charge is 2.51. The van der Waals surface area contributed by atoms with Gasteiger partial charge in [-0.05, 0) is 50.4 Å². The Morgan fingerprint density at radius 1 is 0.400 bits per heavy atom. The van der Waals surface area contributed by atoms with Crippen LogP contribution in [-0.4, -0.2) is 71.1 Å². The summed E-state index contributed by atoms with van der Waals surface area (Å²) in [6.45, 7) is 32.8. The van der Waals surface area contributed by atoms with Crippen molar-refractivity contribution in [1.82, 2.24) is 7.79 Å². The molecular formula is C20H56Cl4N2OSi8. The van der Waals surface area contributed by atoms with Gasteiger partial charge in [-0.3, -0.25) is 0 Å². The molecule has 0 N–H and O–H groups in total. The van der Waals surface area contributed by atoms with E-state index in [1.54, 1.807) is 0 Å². The van der Waals surface area contributed by atoms with Crippen molar-refractivity contribution in [3.8, 4) is 0 Å². The Morgan fingerprint density at radius 3 is 0.771 bits per heavy atom. The second-order valence-corrected chi connectivity index (χ2v) is 59.2. The minimum atomic E-state index is -2.56.